The molecular weight excluding hydrogens is 435 g/mol. The summed E-state index contributed by atoms with van der Waals surface area (Å²) < 4.78 is 2.65. The van der Waals surface area contributed by atoms with Crippen LogP contribution in [0.25, 0.3) is 5.69 Å². The Kier molecular flexibility index (Phi) is 5.33. The average Bonchev–Trinajstić information content (AvgIpc) is 2.31. The summed E-state index contributed by atoms with van der Waals surface area (Å²) in [6, 6.07) is 8.95. The smallest absolute Gasteiger partial charge is 0.299 e. The molecule has 0 bridgehead atoms. The Labute approximate surface area is 129 Å². The van der Waals surface area contributed by atoms with E-state index < -0.39 is 0 Å². The third-order valence-corrected chi connectivity index (χ3v) is 2.97. The molecule has 2 rings (SSSR count). The van der Waals surface area contributed by atoms with Gasteiger partial charge >= 0.3 is 5.69 Å². The second-order valence-corrected chi connectivity index (χ2v) is 4.29. The number of rotatable bonds is 2. The maximum Gasteiger partial charge on any atom is 0.324 e. The van der Waals surface area contributed by atoms with Gasteiger partial charge in [-0.3, -0.25) is 13.9 Å². The first-order chi connectivity index (χ1) is 8.54. The number of aromatic nitrogens is 2. The molecule has 1 aromatic carbocycles. The van der Waals surface area contributed by atoms with Crippen molar-refractivity contribution in [1.82, 2.24) is 9.13 Å². The first kappa shape index (κ1) is 15.9. The minimum absolute atomic E-state index is 0. The molecule has 19 heavy (non-hydrogen) atoms. The Bertz CT molecular complexity index is 689. The number of benzene rings is 1. The first-order valence-electron chi connectivity index (χ1n) is 5.55. The van der Waals surface area contributed by atoms with E-state index in [1.165, 1.54) is 16.7 Å². The molecule has 1 aromatic heterocycles. The zero-order valence-electron chi connectivity index (χ0n) is 10.5. The van der Waals surface area contributed by atoms with E-state index in [1.54, 1.807) is 19.1 Å². The molecule has 0 aliphatic heterocycles. The number of hydrogen-bond acceptors (Lipinski definition) is 2. The van der Waals surface area contributed by atoms with E-state index in [1.807, 2.05) is 6.92 Å². The monoisotopic (exact) mass is 447 g/mol. The fourth-order valence-electron chi connectivity index (χ4n) is 1.85. The van der Waals surface area contributed by atoms with Crippen LogP contribution >= 0.6 is 11.6 Å². The molecular formula is C13H12ClN2O2W-. The molecule has 0 fully saturated rings. The molecule has 0 saturated carbocycles. The molecule has 0 saturated heterocycles. The van der Waals surface area contributed by atoms with Crippen LogP contribution in [0.2, 0.25) is 5.02 Å². The summed E-state index contributed by atoms with van der Waals surface area (Å²) in [6.45, 7) is 4.12. The largest absolute Gasteiger partial charge is 0.324 e. The van der Waals surface area contributed by atoms with Gasteiger partial charge in [0, 0.05) is 39.4 Å². The zero-order valence-corrected chi connectivity index (χ0v) is 14.2. The van der Waals surface area contributed by atoms with Gasteiger partial charge in [0.05, 0.1) is 0 Å². The molecule has 0 spiro atoms. The van der Waals surface area contributed by atoms with Gasteiger partial charge in [-0.2, -0.15) is 18.2 Å². The van der Waals surface area contributed by atoms with Crippen molar-refractivity contribution in [1.29, 1.82) is 0 Å². The second kappa shape index (κ2) is 6.35. The topological polar surface area (TPSA) is 44.0 Å². The number of aryl methyl sites for hydroxylation is 1. The minimum Gasteiger partial charge on any atom is -0.299 e. The summed E-state index contributed by atoms with van der Waals surface area (Å²) in [5.74, 6) is 0. The van der Waals surface area contributed by atoms with Crippen molar-refractivity contribution in [3.63, 3.8) is 0 Å². The molecule has 4 nitrogen and oxygen atoms in total. The van der Waals surface area contributed by atoms with E-state index in [4.69, 9.17) is 11.6 Å². The summed E-state index contributed by atoms with van der Waals surface area (Å²) in [6.07, 6.45) is 0. The third-order valence-electron chi connectivity index (χ3n) is 2.73. The molecule has 6 heteroatoms. The van der Waals surface area contributed by atoms with Gasteiger partial charge in [0.25, 0.3) is 0 Å². The zero-order chi connectivity index (χ0) is 13.3. The van der Waals surface area contributed by atoms with Crippen molar-refractivity contribution in [3.05, 3.63) is 61.9 Å². The third kappa shape index (κ3) is 3.07. The van der Waals surface area contributed by atoms with Crippen molar-refractivity contribution >= 4 is 11.6 Å². The van der Waals surface area contributed by atoms with E-state index in [9.17, 15) is 9.59 Å². The number of halogens is 1. The Morgan fingerprint density at radius 1 is 1.32 bits per heavy atom. The van der Waals surface area contributed by atoms with Gasteiger partial charge in [-0.25, -0.2) is 4.79 Å². The quantitative estimate of drug-likeness (QED) is 0.659. The van der Waals surface area contributed by atoms with Crippen LogP contribution in [0, 0.1) is 13.0 Å². The molecule has 0 atom stereocenters. The average molecular weight is 448 g/mol. The molecule has 0 amide bonds. The predicted octanol–water partition coefficient (Wildman–Crippen LogP) is 1.78. The maximum absolute atomic E-state index is 12.2. The van der Waals surface area contributed by atoms with E-state index >= 15 is 0 Å². The maximum atomic E-state index is 12.2. The van der Waals surface area contributed by atoms with Gasteiger partial charge in [0.1, 0.15) is 0 Å². The van der Waals surface area contributed by atoms with E-state index in [-0.39, 0.29) is 32.3 Å². The Morgan fingerprint density at radius 2 is 2.00 bits per heavy atom. The van der Waals surface area contributed by atoms with Crippen molar-refractivity contribution in [3.8, 4) is 5.69 Å². The van der Waals surface area contributed by atoms with Crippen LogP contribution in [0.1, 0.15) is 12.6 Å². The summed E-state index contributed by atoms with van der Waals surface area (Å²) >= 11 is 5.74. The van der Waals surface area contributed by atoms with Crippen LogP contribution in [0.15, 0.2) is 33.9 Å². The van der Waals surface area contributed by atoms with E-state index in [0.29, 0.717) is 22.9 Å². The fourth-order valence-corrected chi connectivity index (χ4v) is 1.96. The molecule has 2 aromatic rings. The first-order valence-corrected chi connectivity index (χ1v) is 5.93. The number of nitrogens with zero attached hydrogens (tertiary/aromatic N) is 2. The van der Waals surface area contributed by atoms with Crippen LogP contribution in [-0.2, 0) is 27.6 Å². The van der Waals surface area contributed by atoms with Gasteiger partial charge < -0.3 is 0 Å². The van der Waals surface area contributed by atoms with Gasteiger partial charge in [-0.05, 0) is 13.8 Å². The van der Waals surface area contributed by atoms with Crippen LogP contribution in [-0.4, -0.2) is 9.13 Å². The molecule has 100 valence electrons. The fraction of sp³-hybridized carbons (Fsp3) is 0.231. The molecule has 0 unspecified atom stereocenters. The van der Waals surface area contributed by atoms with Crippen LogP contribution in [0.3, 0.4) is 0 Å². The van der Waals surface area contributed by atoms with E-state index in [2.05, 4.69) is 6.07 Å². The molecule has 0 aliphatic carbocycles. The Hall–Kier alpha value is -1.12. The van der Waals surface area contributed by atoms with Gasteiger partial charge in [-0.1, -0.05) is 10.7 Å². The summed E-state index contributed by atoms with van der Waals surface area (Å²) in [4.78, 5) is 24.1. The molecule has 0 radical (unpaired) electrons. The minimum atomic E-state index is -0.349. The summed E-state index contributed by atoms with van der Waals surface area (Å²) in [5, 5.41) is 0.440. The van der Waals surface area contributed by atoms with Crippen molar-refractivity contribution < 1.29 is 21.1 Å². The normalized spacial score (nSPS) is 10.1. The van der Waals surface area contributed by atoms with Gasteiger partial charge in [-0.15, -0.1) is 17.7 Å². The van der Waals surface area contributed by atoms with Crippen LogP contribution < -0.4 is 11.2 Å². The van der Waals surface area contributed by atoms with E-state index in [0.717, 1.165) is 4.57 Å². The van der Waals surface area contributed by atoms with Gasteiger partial charge in [0.15, 0.2) is 0 Å². The van der Waals surface area contributed by atoms with Crippen molar-refractivity contribution in [2.24, 2.45) is 0 Å². The van der Waals surface area contributed by atoms with Gasteiger partial charge in [0.2, 0.25) is 5.56 Å². The second-order valence-electron chi connectivity index (χ2n) is 3.88. The number of hydrogen-bond donors (Lipinski definition) is 0. The standard InChI is InChI=1S/C13H12ClN2O2.W/c1-3-15-9(2)8-12(17)16(13(15)18)11-6-4-10(14)5-7-11;/h4,6-8H,3H2,1-2H3;/q-1;. The predicted molar refractivity (Wildman–Crippen MR) is 70.6 cm³/mol. The molecule has 1 heterocycles. The Balaban J connectivity index is 0.00000180. The van der Waals surface area contributed by atoms with Crippen LogP contribution in [0.5, 0.6) is 0 Å². The Morgan fingerprint density at radius 3 is 2.53 bits per heavy atom. The SMILES string of the molecule is CCn1c(C)cc(=O)n(-c2c[c-]c(Cl)cc2)c1=O.[W]. The molecule has 0 N–H and O–H groups in total. The van der Waals surface area contributed by atoms with Crippen LogP contribution in [0.4, 0.5) is 0 Å². The summed E-state index contributed by atoms with van der Waals surface area (Å²) in [5.41, 5.74) is 0.425. The summed E-state index contributed by atoms with van der Waals surface area (Å²) in [7, 11) is 0. The van der Waals surface area contributed by atoms with Crippen molar-refractivity contribution in [2.75, 3.05) is 0 Å². The molecule has 0 aliphatic rings. The van der Waals surface area contributed by atoms with Crippen molar-refractivity contribution in [2.45, 2.75) is 20.4 Å².